The molecule has 0 unspecified atom stereocenters. The SMILES string of the molecule is c1ccc(-n2c3ccccc3c3cc4sc5c(c4cc32)CCCC5)cc1. The maximum atomic E-state index is 2.46. The summed E-state index contributed by atoms with van der Waals surface area (Å²) < 4.78 is 3.89. The molecule has 1 nitrogen and oxygen atoms in total. The zero-order valence-corrected chi connectivity index (χ0v) is 15.4. The molecule has 1 aliphatic rings. The molecule has 0 N–H and O–H groups in total. The fourth-order valence-electron chi connectivity index (χ4n) is 4.58. The highest BCUT2D eigenvalue weighted by atomic mass is 32.1. The summed E-state index contributed by atoms with van der Waals surface area (Å²) in [6.45, 7) is 0. The first kappa shape index (κ1) is 14.6. The first-order valence-electron chi connectivity index (χ1n) is 9.43. The smallest absolute Gasteiger partial charge is 0.0548 e. The van der Waals surface area contributed by atoms with Gasteiger partial charge in [0.05, 0.1) is 11.0 Å². The van der Waals surface area contributed by atoms with Crippen molar-refractivity contribution in [3.8, 4) is 5.69 Å². The van der Waals surface area contributed by atoms with Crippen LogP contribution in [0, 0.1) is 0 Å². The monoisotopic (exact) mass is 353 g/mol. The van der Waals surface area contributed by atoms with E-state index in [2.05, 4.69) is 71.3 Å². The fourth-order valence-corrected chi connectivity index (χ4v) is 5.89. The molecular weight excluding hydrogens is 334 g/mol. The van der Waals surface area contributed by atoms with Crippen LogP contribution in [-0.4, -0.2) is 4.57 Å². The highest BCUT2D eigenvalue weighted by molar-refractivity contribution is 7.19. The van der Waals surface area contributed by atoms with Gasteiger partial charge in [-0.15, -0.1) is 11.3 Å². The van der Waals surface area contributed by atoms with Crippen molar-refractivity contribution in [2.45, 2.75) is 25.7 Å². The molecule has 3 aromatic carbocycles. The third kappa shape index (κ3) is 1.96. The molecule has 0 fully saturated rings. The summed E-state index contributed by atoms with van der Waals surface area (Å²) in [7, 11) is 0. The van der Waals surface area contributed by atoms with Gasteiger partial charge in [-0.2, -0.15) is 0 Å². The molecular formula is C24H19NS. The maximum Gasteiger partial charge on any atom is 0.0548 e. The third-order valence-electron chi connectivity index (χ3n) is 5.76. The van der Waals surface area contributed by atoms with Gasteiger partial charge in [0.2, 0.25) is 0 Å². The van der Waals surface area contributed by atoms with Gasteiger partial charge in [0.25, 0.3) is 0 Å². The molecule has 0 saturated heterocycles. The molecule has 5 aromatic rings. The van der Waals surface area contributed by atoms with Crippen molar-refractivity contribution < 1.29 is 0 Å². The van der Waals surface area contributed by atoms with Crippen molar-refractivity contribution in [2.24, 2.45) is 0 Å². The van der Waals surface area contributed by atoms with Gasteiger partial charge < -0.3 is 4.57 Å². The van der Waals surface area contributed by atoms with Crippen LogP contribution < -0.4 is 0 Å². The second kappa shape index (κ2) is 5.46. The maximum absolute atomic E-state index is 2.46. The standard InChI is InChI=1S/C24H19NS/c1-2-8-16(9-3-1)25-21-12-6-4-10-17(21)19-15-24-20(14-22(19)25)18-11-5-7-13-23(18)26-24/h1-4,6,8-10,12,14-15H,5,7,11,13H2. The van der Waals surface area contributed by atoms with Crippen molar-refractivity contribution in [3.63, 3.8) is 0 Å². The summed E-state index contributed by atoms with van der Waals surface area (Å²) in [6, 6.07) is 24.5. The first-order valence-corrected chi connectivity index (χ1v) is 10.2. The summed E-state index contributed by atoms with van der Waals surface area (Å²) >= 11 is 2.02. The normalized spacial score (nSPS) is 14.3. The molecule has 0 amide bonds. The second-order valence-electron chi connectivity index (χ2n) is 7.26. The minimum absolute atomic E-state index is 1.24. The number of nitrogens with zero attached hydrogens (tertiary/aromatic N) is 1. The Morgan fingerprint density at radius 2 is 1.50 bits per heavy atom. The molecule has 2 aromatic heterocycles. The van der Waals surface area contributed by atoms with Crippen LogP contribution in [0.3, 0.4) is 0 Å². The van der Waals surface area contributed by atoms with Crippen LogP contribution in [0.2, 0.25) is 0 Å². The third-order valence-corrected chi connectivity index (χ3v) is 7.02. The molecule has 126 valence electrons. The average molecular weight is 353 g/mol. The highest BCUT2D eigenvalue weighted by Gasteiger charge is 2.19. The second-order valence-corrected chi connectivity index (χ2v) is 8.40. The Hall–Kier alpha value is -2.58. The van der Waals surface area contributed by atoms with Crippen molar-refractivity contribution in [3.05, 3.63) is 77.2 Å². The molecule has 0 atom stereocenters. The summed E-state index contributed by atoms with van der Waals surface area (Å²) in [6.07, 6.45) is 5.18. The van der Waals surface area contributed by atoms with E-state index in [9.17, 15) is 0 Å². The molecule has 0 saturated carbocycles. The lowest BCUT2D eigenvalue weighted by Gasteiger charge is -2.11. The predicted molar refractivity (Wildman–Crippen MR) is 113 cm³/mol. The lowest BCUT2D eigenvalue weighted by molar-refractivity contribution is 0.700. The molecule has 6 rings (SSSR count). The van der Waals surface area contributed by atoms with Crippen LogP contribution in [0.1, 0.15) is 23.3 Å². The zero-order valence-electron chi connectivity index (χ0n) is 14.5. The van der Waals surface area contributed by atoms with Gasteiger partial charge in [-0.05, 0) is 67.0 Å². The Morgan fingerprint density at radius 3 is 2.42 bits per heavy atom. The van der Waals surface area contributed by atoms with Crippen LogP contribution >= 0.6 is 11.3 Å². The molecule has 2 heterocycles. The van der Waals surface area contributed by atoms with Gasteiger partial charge in [-0.25, -0.2) is 0 Å². The minimum atomic E-state index is 1.24. The predicted octanol–water partition coefficient (Wildman–Crippen LogP) is 6.88. The Balaban J connectivity index is 1.79. The van der Waals surface area contributed by atoms with E-state index in [-0.39, 0.29) is 0 Å². The number of rotatable bonds is 1. The van der Waals surface area contributed by atoms with Gasteiger partial charge >= 0.3 is 0 Å². The van der Waals surface area contributed by atoms with E-state index in [1.807, 2.05) is 11.3 Å². The molecule has 0 spiro atoms. The summed E-state index contributed by atoms with van der Waals surface area (Å²) in [4.78, 5) is 1.62. The molecule has 1 aliphatic carbocycles. The van der Waals surface area contributed by atoms with Gasteiger partial charge in [-0.3, -0.25) is 0 Å². The van der Waals surface area contributed by atoms with Crippen LogP contribution in [0.25, 0.3) is 37.6 Å². The van der Waals surface area contributed by atoms with Crippen molar-refractivity contribution in [2.75, 3.05) is 0 Å². The highest BCUT2D eigenvalue weighted by Crippen LogP contribution is 2.41. The number of aromatic nitrogens is 1. The van der Waals surface area contributed by atoms with E-state index >= 15 is 0 Å². The minimum Gasteiger partial charge on any atom is -0.309 e. The fraction of sp³-hybridized carbons (Fsp3) is 0.167. The number of thiophene rings is 1. The Labute approximate surface area is 156 Å². The first-order chi connectivity index (χ1) is 12.9. The number of fused-ring (bicyclic) bond motifs is 6. The summed E-state index contributed by atoms with van der Waals surface area (Å²) in [5, 5.41) is 4.20. The lowest BCUT2D eigenvalue weighted by atomic mass is 9.96. The topological polar surface area (TPSA) is 4.93 Å². The van der Waals surface area contributed by atoms with Crippen molar-refractivity contribution in [1.29, 1.82) is 0 Å². The van der Waals surface area contributed by atoms with E-state index in [0.29, 0.717) is 0 Å². The van der Waals surface area contributed by atoms with E-state index < -0.39 is 0 Å². The van der Waals surface area contributed by atoms with E-state index in [0.717, 1.165) is 0 Å². The molecule has 0 radical (unpaired) electrons. The van der Waals surface area contributed by atoms with Gasteiger partial charge in [0, 0.05) is 26.0 Å². The average Bonchev–Trinajstić information content (AvgIpc) is 3.22. The van der Waals surface area contributed by atoms with Crippen LogP contribution in [0.4, 0.5) is 0 Å². The Bertz CT molecular complexity index is 1270. The molecule has 26 heavy (non-hydrogen) atoms. The molecule has 2 heteroatoms. The largest absolute Gasteiger partial charge is 0.309 e. The zero-order chi connectivity index (χ0) is 17.1. The summed E-state index contributed by atoms with van der Waals surface area (Å²) in [5.74, 6) is 0. The van der Waals surface area contributed by atoms with Crippen LogP contribution in [0.15, 0.2) is 66.7 Å². The molecule has 0 bridgehead atoms. The van der Waals surface area contributed by atoms with Crippen molar-refractivity contribution in [1.82, 2.24) is 4.57 Å². The van der Waals surface area contributed by atoms with Crippen molar-refractivity contribution >= 4 is 43.2 Å². The quantitative estimate of drug-likeness (QED) is 0.310. The van der Waals surface area contributed by atoms with E-state index in [1.54, 1.807) is 10.4 Å². The lowest BCUT2D eigenvalue weighted by Crippen LogP contribution is -1.98. The number of aryl methyl sites for hydroxylation is 2. The number of hydrogen-bond donors (Lipinski definition) is 0. The summed E-state index contributed by atoms with van der Waals surface area (Å²) in [5.41, 5.74) is 5.47. The van der Waals surface area contributed by atoms with Gasteiger partial charge in [0.15, 0.2) is 0 Å². The van der Waals surface area contributed by atoms with Gasteiger partial charge in [-0.1, -0.05) is 36.4 Å². The Kier molecular flexibility index (Phi) is 3.06. The van der Waals surface area contributed by atoms with Gasteiger partial charge in [0.1, 0.15) is 0 Å². The number of para-hydroxylation sites is 2. The van der Waals surface area contributed by atoms with Crippen LogP contribution in [-0.2, 0) is 12.8 Å². The van der Waals surface area contributed by atoms with Crippen LogP contribution in [0.5, 0.6) is 0 Å². The van der Waals surface area contributed by atoms with E-state index in [4.69, 9.17) is 0 Å². The Morgan fingerprint density at radius 1 is 0.692 bits per heavy atom. The number of hydrogen-bond acceptors (Lipinski definition) is 1. The molecule has 0 aliphatic heterocycles. The van der Waals surface area contributed by atoms with E-state index in [1.165, 1.54) is 63.3 Å². The number of benzene rings is 3.